The topological polar surface area (TPSA) is 59.3 Å². The minimum atomic E-state index is -0.476. The molecule has 0 atom stereocenters. The van der Waals surface area contributed by atoms with E-state index in [0.717, 1.165) is 13.0 Å². The highest BCUT2D eigenvalue weighted by atomic mass is 16.6. The zero-order valence-corrected chi connectivity index (χ0v) is 10.7. The SMILES string of the molecule is CCCCCCCCOCCOC(=O)CC#N. The molecule has 0 unspecified atom stereocenters. The molecule has 0 rings (SSSR count). The largest absolute Gasteiger partial charge is 0.462 e. The zero-order chi connectivity index (χ0) is 12.8. The van der Waals surface area contributed by atoms with Crippen molar-refractivity contribution in [3.63, 3.8) is 0 Å². The third-order valence-electron chi connectivity index (χ3n) is 2.36. The minimum absolute atomic E-state index is 0.183. The third kappa shape index (κ3) is 12.9. The summed E-state index contributed by atoms with van der Waals surface area (Å²) in [6, 6.07) is 1.74. The number of carbonyl (C=O) groups is 1. The molecule has 0 bridgehead atoms. The number of esters is 1. The van der Waals surface area contributed by atoms with Crippen LogP contribution >= 0.6 is 0 Å². The Morgan fingerprint density at radius 3 is 2.47 bits per heavy atom. The number of unbranched alkanes of at least 4 members (excludes halogenated alkanes) is 5. The fraction of sp³-hybridized carbons (Fsp3) is 0.846. The van der Waals surface area contributed by atoms with Crippen molar-refractivity contribution in [3.05, 3.63) is 0 Å². The molecule has 0 spiro atoms. The van der Waals surface area contributed by atoms with Crippen LogP contribution in [0.3, 0.4) is 0 Å². The molecule has 0 aromatic heterocycles. The second kappa shape index (κ2) is 13.0. The molecular formula is C13H23NO3. The average molecular weight is 241 g/mol. The molecule has 4 heteroatoms. The monoisotopic (exact) mass is 241 g/mol. The van der Waals surface area contributed by atoms with Crippen LogP contribution in [0.2, 0.25) is 0 Å². The van der Waals surface area contributed by atoms with Crippen molar-refractivity contribution in [2.45, 2.75) is 51.9 Å². The molecule has 0 aliphatic heterocycles. The van der Waals surface area contributed by atoms with E-state index in [2.05, 4.69) is 6.92 Å². The van der Waals surface area contributed by atoms with Crippen molar-refractivity contribution < 1.29 is 14.3 Å². The van der Waals surface area contributed by atoms with E-state index < -0.39 is 5.97 Å². The number of nitriles is 1. The molecule has 0 radical (unpaired) electrons. The Hall–Kier alpha value is -1.08. The lowest BCUT2D eigenvalue weighted by Crippen LogP contribution is -2.10. The molecule has 0 heterocycles. The van der Waals surface area contributed by atoms with Crippen LogP contribution in [-0.2, 0) is 14.3 Å². The number of hydrogen-bond acceptors (Lipinski definition) is 4. The number of hydrogen-bond donors (Lipinski definition) is 0. The molecule has 0 saturated carbocycles. The van der Waals surface area contributed by atoms with E-state index in [-0.39, 0.29) is 13.0 Å². The first kappa shape index (κ1) is 15.9. The fourth-order valence-electron chi connectivity index (χ4n) is 1.42. The first-order chi connectivity index (χ1) is 8.31. The number of carbonyl (C=O) groups excluding carboxylic acids is 1. The number of nitrogens with zero attached hydrogens (tertiary/aromatic N) is 1. The van der Waals surface area contributed by atoms with Crippen molar-refractivity contribution in [2.75, 3.05) is 19.8 Å². The van der Waals surface area contributed by atoms with Gasteiger partial charge < -0.3 is 9.47 Å². The van der Waals surface area contributed by atoms with Crippen LogP contribution in [0.4, 0.5) is 0 Å². The molecule has 0 amide bonds. The van der Waals surface area contributed by atoms with Gasteiger partial charge >= 0.3 is 5.97 Å². The van der Waals surface area contributed by atoms with Gasteiger partial charge in [0.05, 0.1) is 12.7 Å². The van der Waals surface area contributed by atoms with E-state index >= 15 is 0 Å². The van der Waals surface area contributed by atoms with Crippen molar-refractivity contribution in [1.82, 2.24) is 0 Å². The van der Waals surface area contributed by atoms with Crippen LogP contribution < -0.4 is 0 Å². The van der Waals surface area contributed by atoms with Gasteiger partial charge in [-0.05, 0) is 6.42 Å². The van der Waals surface area contributed by atoms with E-state index in [1.165, 1.54) is 32.1 Å². The van der Waals surface area contributed by atoms with Gasteiger partial charge in [0.1, 0.15) is 13.0 Å². The molecule has 0 fully saturated rings. The molecular weight excluding hydrogens is 218 g/mol. The highest BCUT2D eigenvalue weighted by Crippen LogP contribution is 2.04. The highest BCUT2D eigenvalue weighted by Gasteiger charge is 1.99. The lowest BCUT2D eigenvalue weighted by Gasteiger charge is -2.04. The van der Waals surface area contributed by atoms with Gasteiger partial charge in [0.15, 0.2) is 0 Å². The Morgan fingerprint density at radius 2 is 1.76 bits per heavy atom. The van der Waals surface area contributed by atoms with Gasteiger partial charge in [0.25, 0.3) is 0 Å². The van der Waals surface area contributed by atoms with Gasteiger partial charge in [0, 0.05) is 6.61 Å². The summed E-state index contributed by atoms with van der Waals surface area (Å²) in [5.41, 5.74) is 0. The molecule has 98 valence electrons. The van der Waals surface area contributed by atoms with Gasteiger partial charge in [-0.3, -0.25) is 4.79 Å². The maximum atomic E-state index is 10.8. The predicted molar refractivity (Wildman–Crippen MR) is 65.4 cm³/mol. The summed E-state index contributed by atoms with van der Waals surface area (Å²) >= 11 is 0. The quantitative estimate of drug-likeness (QED) is 0.412. The lowest BCUT2D eigenvalue weighted by molar-refractivity contribution is -0.143. The Bertz CT molecular complexity index is 223. The standard InChI is InChI=1S/C13H23NO3/c1-2-3-4-5-6-7-10-16-11-12-17-13(15)8-9-14/h2-8,10-12H2,1H3. The first-order valence-electron chi connectivity index (χ1n) is 6.41. The molecule has 0 aromatic carbocycles. The van der Waals surface area contributed by atoms with E-state index in [0.29, 0.717) is 6.61 Å². The van der Waals surface area contributed by atoms with Crippen LogP contribution in [-0.4, -0.2) is 25.8 Å². The van der Waals surface area contributed by atoms with E-state index in [9.17, 15) is 4.79 Å². The maximum Gasteiger partial charge on any atom is 0.320 e. The van der Waals surface area contributed by atoms with Gasteiger partial charge in [-0.15, -0.1) is 0 Å². The summed E-state index contributed by atoms with van der Waals surface area (Å²) < 4.78 is 10.1. The minimum Gasteiger partial charge on any atom is -0.462 e. The molecule has 0 aliphatic rings. The first-order valence-corrected chi connectivity index (χ1v) is 6.41. The Labute approximate surface area is 104 Å². The van der Waals surface area contributed by atoms with Crippen LogP contribution in [0.5, 0.6) is 0 Å². The summed E-state index contributed by atoms with van der Waals surface area (Å²) in [6.07, 6.45) is 7.25. The van der Waals surface area contributed by atoms with Gasteiger partial charge in [0.2, 0.25) is 0 Å². The van der Waals surface area contributed by atoms with E-state index in [1.54, 1.807) is 6.07 Å². The Kier molecular flexibility index (Phi) is 12.2. The normalized spacial score (nSPS) is 9.88. The molecule has 0 aliphatic carbocycles. The van der Waals surface area contributed by atoms with Crippen molar-refractivity contribution in [2.24, 2.45) is 0 Å². The Morgan fingerprint density at radius 1 is 1.06 bits per heavy atom. The van der Waals surface area contributed by atoms with Crippen molar-refractivity contribution in [3.8, 4) is 6.07 Å². The molecule has 0 N–H and O–H groups in total. The maximum absolute atomic E-state index is 10.8. The molecule has 0 saturated heterocycles. The summed E-state index contributed by atoms with van der Waals surface area (Å²) in [5.74, 6) is -0.476. The molecule has 4 nitrogen and oxygen atoms in total. The fourth-order valence-corrected chi connectivity index (χ4v) is 1.42. The zero-order valence-electron chi connectivity index (χ0n) is 10.7. The van der Waals surface area contributed by atoms with E-state index in [1.807, 2.05) is 0 Å². The van der Waals surface area contributed by atoms with E-state index in [4.69, 9.17) is 14.7 Å². The van der Waals surface area contributed by atoms with Crippen LogP contribution in [0.1, 0.15) is 51.9 Å². The lowest BCUT2D eigenvalue weighted by atomic mass is 10.1. The van der Waals surface area contributed by atoms with Crippen molar-refractivity contribution >= 4 is 5.97 Å². The van der Waals surface area contributed by atoms with Gasteiger partial charge in [-0.25, -0.2) is 0 Å². The van der Waals surface area contributed by atoms with Crippen LogP contribution in [0.15, 0.2) is 0 Å². The molecule has 17 heavy (non-hydrogen) atoms. The summed E-state index contributed by atoms with van der Waals surface area (Å²) in [7, 11) is 0. The second-order valence-electron chi connectivity index (χ2n) is 3.94. The van der Waals surface area contributed by atoms with Crippen LogP contribution in [0, 0.1) is 11.3 Å². The summed E-state index contributed by atoms with van der Waals surface area (Å²) in [6.45, 7) is 3.60. The number of ether oxygens (including phenoxy) is 2. The van der Waals surface area contributed by atoms with Gasteiger partial charge in [-0.1, -0.05) is 39.0 Å². The molecule has 0 aromatic rings. The Balaban J connectivity index is 3.04. The van der Waals surface area contributed by atoms with Gasteiger partial charge in [-0.2, -0.15) is 5.26 Å². The van der Waals surface area contributed by atoms with Crippen molar-refractivity contribution in [1.29, 1.82) is 5.26 Å². The third-order valence-corrected chi connectivity index (χ3v) is 2.36. The summed E-state index contributed by atoms with van der Waals surface area (Å²) in [4.78, 5) is 10.8. The number of rotatable bonds is 11. The smallest absolute Gasteiger partial charge is 0.320 e. The van der Waals surface area contributed by atoms with Crippen LogP contribution in [0.25, 0.3) is 0 Å². The predicted octanol–water partition coefficient (Wildman–Crippen LogP) is 2.82. The average Bonchev–Trinajstić information content (AvgIpc) is 2.32. The summed E-state index contributed by atoms with van der Waals surface area (Å²) in [5, 5.41) is 8.22. The highest BCUT2D eigenvalue weighted by molar-refractivity contribution is 5.71. The second-order valence-corrected chi connectivity index (χ2v) is 3.94.